The molecule has 0 saturated carbocycles. The van der Waals surface area contributed by atoms with Gasteiger partial charge in [-0.3, -0.25) is 4.68 Å². The molecule has 15 heavy (non-hydrogen) atoms. The summed E-state index contributed by atoms with van der Waals surface area (Å²) < 4.78 is 2.11. The lowest BCUT2D eigenvalue weighted by Gasteiger charge is -2.04. The molecule has 1 heterocycles. The van der Waals surface area contributed by atoms with E-state index in [1.165, 1.54) is 17.0 Å². The van der Waals surface area contributed by atoms with Gasteiger partial charge in [-0.1, -0.05) is 6.92 Å². The Morgan fingerprint density at radius 1 is 1.40 bits per heavy atom. The van der Waals surface area contributed by atoms with Crippen LogP contribution in [-0.2, 0) is 13.0 Å². The van der Waals surface area contributed by atoms with Gasteiger partial charge in [-0.2, -0.15) is 16.9 Å². The van der Waals surface area contributed by atoms with Crippen molar-refractivity contribution >= 4 is 11.8 Å². The Balaban J connectivity index is 2.68. The van der Waals surface area contributed by atoms with Gasteiger partial charge in [-0.05, 0) is 38.1 Å². The summed E-state index contributed by atoms with van der Waals surface area (Å²) in [6.07, 6.45) is 0.943. The first-order chi connectivity index (χ1) is 7.20. The molecule has 1 aromatic heterocycles. The standard InChI is InChI=1S/C11H21N3S/c1-4-15-8-7-14-10(3)11(5-6-12)9(2)13-14/h4-8,12H2,1-3H3. The molecule has 0 unspecified atom stereocenters. The van der Waals surface area contributed by atoms with E-state index in [1.54, 1.807) is 0 Å². The van der Waals surface area contributed by atoms with Crippen LogP contribution in [0.3, 0.4) is 0 Å². The van der Waals surface area contributed by atoms with E-state index in [2.05, 4.69) is 30.6 Å². The molecule has 0 aliphatic carbocycles. The number of nitrogens with two attached hydrogens (primary N) is 1. The first-order valence-corrected chi connectivity index (χ1v) is 6.66. The van der Waals surface area contributed by atoms with E-state index in [9.17, 15) is 0 Å². The highest BCUT2D eigenvalue weighted by Gasteiger charge is 2.09. The van der Waals surface area contributed by atoms with Crippen LogP contribution in [0.1, 0.15) is 23.9 Å². The SMILES string of the molecule is CCSCCn1nc(C)c(CCN)c1C. The Morgan fingerprint density at radius 3 is 2.73 bits per heavy atom. The maximum absolute atomic E-state index is 5.59. The summed E-state index contributed by atoms with van der Waals surface area (Å²) in [6.45, 7) is 8.11. The average molecular weight is 227 g/mol. The Kier molecular flexibility index (Phi) is 5.19. The average Bonchev–Trinajstić information content (AvgIpc) is 2.47. The highest BCUT2D eigenvalue weighted by Crippen LogP contribution is 2.14. The van der Waals surface area contributed by atoms with Crippen LogP contribution in [0.25, 0.3) is 0 Å². The quantitative estimate of drug-likeness (QED) is 0.753. The van der Waals surface area contributed by atoms with Crippen molar-refractivity contribution in [2.75, 3.05) is 18.1 Å². The van der Waals surface area contributed by atoms with Crippen LogP contribution in [0.4, 0.5) is 0 Å². The van der Waals surface area contributed by atoms with Crippen molar-refractivity contribution in [2.45, 2.75) is 33.7 Å². The highest BCUT2D eigenvalue weighted by atomic mass is 32.2. The molecule has 0 bridgehead atoms. The normalized spacial score (nSPS) is 10.9. The minimum absolute atomic E-state index is 0.705. The second-order valence-electron chi connectivity index (χ2n) is 3.61. The molecule has 1 rings (SSSR count). The number of aryl methyl sites for hydroxylation is 2. The van der Waals surface area contributed by atoms with E-state index in [-0.39, 0.29) is 0 Å². The summed E-state index contributed by atoms with van der Waals surface area (Å²) in [5.74, 6) is 2.31. The van der Waals surface area contributed by atoms with Crippen LogP contribution in [-0.4, -0.2) is 27.8 Å². The first kappa shape index (κ1) is 12.6. The molecule has 0 aliphatic heterocycles. The van der Waals surface area contributed by atoms with Gasteiger partial charge in [0.05, 0.1) is 12.2 Å². The molecular weight excluding hydrogens is 206 g/mol. The lowest BCUT2D eigenvalue weighted by Crippen LogP contribution is -2.07. The fraction of sp³-hybridized carbons (Fsp3) is 0.727. The maximum atomic E-state index is 5.59. The van der Waals surface area contributed by atoms with Gasteiger partial charge in [0, 0.05) is 11.4 Å². The maximum Gasteiger partial charge on any atom is 0.0628 e. The third kappa shape index (κ3) is 3.24. The Labute approximate surface area is 96.4 Å². The number of nitrogens with zero attached hydrogens (tertiary/aromatic N) is 2. The topological polar surface area (TPSA) is 43.8 Å². The van der Waals surface area contributed by atoms with Crippen LogP contribution in [0.2, 0.25) is 0 Å². The van der Waals surface area contributed by atoms with E-state index < -0.39 is 0 Å². The van der Waals surface area contributed by atoms with Gasteiger partial charge in [0.15, 0.2) is 0 Å². The fourth-order valence-corrected chi connectivity index (χ4v) is 2.34. The summed E-state index contributed by atoms with van der Waals surface area (Å²) in [5, 5.41) is 4.55. The lowest BCUT2D eigenvalue weighted by atomic mass is 10.1. The van der Waals surface area contributed by atoms with E-state index in [1.807, 2.05) is 11.8 Å². The number of aromatic nitrogens is 2. The summed E-state index contributed by atoms with van der Waals surface area (Å²) in [5.41, 5.74) is 9.35. The molecular formula is C11H21N3S. The van der Waals surface area contributed by atoms with Gasteiger partial charge in [0.2, 0.25) is 0 Å². The molecule has 0 spiro atoms. The molecule has 0 saturated heterocycles. The number of hydrogen-bond acceptors (Lipinski definition) is 3. The third-order valence-electron chi connectivity index (χ3n) is 2.58. The largest absolute Gasteiger partial charge is 0.330 e. The highest BCUT2D eigenvalue weighted by molar-refractivity contribution is 7.99. The molecule has 86 valence electrons. The molecule has 3 nitrogen and oxygen atoms in total. The summed E-state index contributed by atoms with van der Waals surface area (Å²) in [7, 11) is 0. The molecule has 2 N–H and O–H groups in total. The van der Waals surface area contributed by atoms with Crippen molar-refractivity contribution in [3.63, 3.8) is 0 Å². The smallest absolute Gasteiger partial charge is 0.0628 e. The Morgan fingerprint density at radius 2 is 2.13 bits per heavy atom. The molecule has 0 fully saturated rings. The monoisotopic (exact) mass is 227 g/mol. The summed E-state index contributed by atoms with van der Waals surface area (Å²) >= 11 is 1.95. The van der Waals surface area contributed by atoms with Crippen molar-refractivity contribution in [1.29, 1.82) is 0 Å². The van der Waals surface area contributed by atoms with E-state index in [4.69, 9.17) is 5.73 Å². The number of rotatable bonds is 6. The van der Waals surface area contributed by atoms with Crippen molar-refractivity contribution < 1.29 is 0 Å². The Bertz CT molecular complexity index is 307. The number of thioether (sulfide) groups is 1. The van der Waals surface area contributed by atoms with Crippen LogP contribution in [0.5, 0.6) is 0 Å². The molecule has 4 heteroatoms. The third-order valence-corrected chi connectivity index (χ3v) is 3.46. The molecule has 0 aliphatic rings. The van der Waals surface area contributed by atoms with Gasteiger partial charge in [0.25, 0.3) is 0 Å². The second kappa shape index (κ2) is 6.18. The zero-order valence-corrected chi connectivity index (χ0v) is 10.7. The summed E-state index contributed by atoms with van der Waals surface area (Å²) in [4.78, 5) is 0. The first-order valence-electron chi connectivity index (χ1n) is 5.51. The van der Waals surface area contributed by atoms with Crippen LogP contribution >= 0.6 is 11.8 Å². The fourth-order valence-electron chi connectivity index (χ4n) is 1.75. The molecule has 1 aromatic rings. The predicted molar refractivity (Wildman–Crippen MR) is 67.5 cm³/mol. The van der Waals surface area contributed by atoms with E-state index in [0.29, 0.717) is 6.54 Å². The predicted octanol–water partition coefficient (Wildman–Crippen LogP) is 1.75. The van der Waals surface area contributed by atoms with Crippen LogP contribution < -0.4 is 5.73 Å². The molecule has 0 radical (unpaired) electrons. The van der Waals surface area contributed by atoms with Gasteiger partial charge >= 0.3 is 0 Å². The van der Waals surface area contributed by atoms with E-state index >= 15 is 0 Å². The van der Waals surface area contributed by atoms with Crippen molar-refractivity contribution in [2.24, 2.45) is 5.73 Å². The van der Waals surface area contributed by atoms with Gasteiger partial charge in [-0.15, -0.1) is 0 Å². The molecule has 0 amide bonds. The minimum Gasteiger partial charge on any atom is -0.330 e. The van der Waals surface area contributed by atoms with Gasteiger partial charge in [0.1, 0.15) is 0 Å². The minimum atomic E-state index is 0.705. The lowest BCUT2D eigenvalue weighted by molar-refractivity contribution is 0.639. The zero-order chi connectivity index (χ0) is 11.3. The summed E-state index contributed by atoms with van der Waals surface area (Å²) in [6, 6.07) is 0. The second-order valence-corrected chi connectivity index (χ2v) is 5.00. The zero-order valence-electron chi connectivity index (χ0n) is 9.92. The van der Waals surface area contributed by atoms with Gasteiger partial charge < -0.3 is 5.73 Å². The van der Waals surface area contributed by atoms with Crippen molar-refractivity contribution in [1.82, 2.24) is 9.78 Å². The Hall–Kier alpha value is -0.480. The number of hydrogen-bond donors (Lipinski definition) is 1. The van der Waals surface area contributed by atoms with Crippen LogP contribution in [0.15, 0.2) is 0 Å². The molecule has 0 atom stereocenters. The molecule has 0 aromatic carbocycles. The van der Waals surface area contributed by atoms with Crippen LogP contribution in [0, 0.1) is 13.8 Å². The van der Waals surface area contributed by atoms with Gasteiger partial charge in [-0.25, -0.2) is 0 Å². The van der Waals surface area contributed by atoms with Crippen molar-refractivity contribution in [3.8, 4) is 0 Å². The van der Waals surface area contributed by atoms with E-state index in [0.717, 1.165) is 24.4 Å². The van der Waals surface area contributed by atoms with Crippen molar-refractivity contribution in [3.05, 3.63) is 17.0 Å².